The molecule has 1 unspecified atom stereocenters. The van der Waals surface area contributed by atoms with Gasteiger partial charge in [0.25, 0.3) is 0 Å². The summed E-state index contributed by atoms with van der Waals surface area (Å²) in [5.41, 5.74) is 1.16. The fourth-order valence-electron chi connectivity index (χ4n) is 1.80. The average molecular weight is 265 g/mol. The van der Waals surface area contributed by atoms with Gasteiger partial charge in [0.2, 0.25) is 0 Å². The average Bonchev–Trinajstić information content (AvgIpc) is 2.43. The minimum atomic E-state index is -0.180. The number of rotatable bonds is 7. The van der Waals surface area contributed by atoms with E-state index in [1.807, 2.05) is 24.3 Å². The van der Waals surface area contributed by atoms with E-state index in [0.717, 1.165) is 17.9 Å². The second kappa shape index (κ2) is 7.79. The molecule has 0 bridgehead atoms. The van der Waals surface area contributed by atoms with Crippen LogP contribution in [0.3, 0.4) is 0 Å². The van der Waals surface area contributed by atoms with Crippen molar-refractivity contribution in [2.24, 2.45) is 5.92 Å². The first kappa shape index (κ1) is 15.5. The minimum absolute atomic E-state index is 0.120. The van der Waals surface area contributed by atoms with E-state index < -0.39 is 0 Å². The first-order chi connectivity index (χ1) is 9.06. The fraction of sp³-hybridized carbons (Fsp3) is 0.533. The Morgan fingerprint density at radius 2 is 1.84 bits per heavy atom. The summed E-state index contributed by atoms with van der Waals surface area (Å²) >= 11 is 0. The van der Waals surface area contributed by atoms with Crippen molar-refractivity contribution in [3.63, 3.8) is 0 Å². The molecule has 1 atom stereocenters. The minimum Gasteiger partial charge on any atom is -0.497 e. The molecule has 19 heavy (non-hydrogen) atoms. The van der Waals surface area contributed by atoms with Gasteiger partial charge in [-0.3, -0.25) is 4.79 Å². The van der Waals surface area contributed by atoms with Gasteiger partial charge in [-0.25, -0.2) is 0 Å². The van der Waals surface area contributed by atoms with Crippen LogP contribution < -0.4 is 10.1 Å². The van der Waals surface area contributed by atoms with Crippen LogP contribution in [0.1, 0.15) is 25.8 Å². The molecule has 0 radical (unpaired) electrons. The Morgan fingerprint density at radius 1 is 1.21 bits per heavy atom. The Kier molecular flexibility index (Phi) is 6.36. The van der Waals surface area contributed by atoms with E-state index in [9.17, 15) is 4.79 Å². The number of hydrogen-bond acceptors (Lipinski definition) is 4. The Hall–Kier alpha value is -1.55. The van der Waals surface area contributed by atoms with Gasteiger partial charge in [0.1, 0.15) is 5.75 Å². The number of ether oxygens (including phenoxy) is 2. The number of carbonyl (C=O) groups is 1. The van der Waals surface area contributed by atoms with Crippen LogP contribution in [0.15, 0.2) is 24.3 Å². The summed E-state index contributed by atoms with van der Waals surface area (Å²) in [5.74, 6) is 1.04. The fourth-order valence-corrected chi connectivity index (χ4v) is 1.80. The van der Waals surface area contributed by atoms with Gasteiger partial charge in [-0.15, -0.1) is 0 Å². The maximum atomic E-state index is 11.3. The Balaban J connectivity index is 2.52. The van der Waals surface area contributed by atoms with E-state index >= 15 is 0 Å². The zero-order valence-electron chi connectivity index (χ0n) is 12.1. The van der Waals surface area contributed by atoms with Gasteiger partial charge in [-0.2, -0.15) is 0 Å². The molecule has 106 valence electrons. The van der Waals surface area contributed by atoms with Crippen LogP contribution >= 0.6 is 0 Å². The molecule has 0 aliphatic heterocycles. The quantitative estimate of drug-likeness (QED) is 0.769. The van der Waals surface area contributed by atoms with Crippen molar-refractivity contribution in [1.82, 2.24) is 5.32 Å². The molecule has 0 aliphatic carbocycles. The summed E-state index contributed by atoms with van der Waals surface area (Å²) in [6.07, 6.45) is 0.393. The lowest BCUT2D eigenvalue weighted by molar-refractivity contribution is -0.141. The molecule has 4 heteroatoms. The summed E-state index contributed by atoms with van der Waals surface area (Å²) in [6, 6.07) is 8.01. The van der Waals surface area contributed by atoms with Crippen molar-refractivity contribution in [3.8, 4) is 5.75 Å². The van der Waals surface area contributed by atoms with Gasteiger partial charge in [0.05, 0.1) is 20.6 Å². The molecule has 4 nitrogen and oxygen atoms in total. The summed E-state index contributed by atoms with van der Waals surface area (Å²) in [7, 11) is 3.07. The van der Waals surface area contributed by atoms with Crippen LogP contribution in [0.2, 0.25) is 0 Å². The number of hydrogen-bond donors (Lipinski definition) is 1. The van der Waals surface area contributed by atoms with Crippen molar-refractivity contribution in [1.29, 1.82) is 0 Å². The van der Waals surface area contributed by atoms with Crippen LogP contribution in [0.5, 0.6) is 5.75 Å². The van der Waals surface area contributed by atoms with E-state index in [0.29, 0.717) is 12.3 Å². The maximum Gasteiger partial charge on any atom is 0.307 e. The van der Waals surface area contributed by atoms with E-state index in [4.69, 9.17) is 9.47 Å². The zero-order chi connectivity index (χ0) is 14.3. The standard InChI is InChI=1S/C15H23NO3/c1-11(2)14(9-15(17)19-4)16-10-12-5-7-13(18-3)8-6-12/h5-8,11,14,16H,9-10H2,1-4H3. The third kappa shape index (κ3) is 5.30. The highest BCUT2D eigenvalue weighted by Crippen LogP contribution is 2.13. The number of esters is 1. The van der Waals surface area contributed by atoms with Crippen molar-refractivity contribution in [2.45, 2.75) is 32.9 Å². The molecule has 0 spiro atoms. The molecular formula is C15H23NO3. The van der Waals surface area contributed by atoms with Crippen LogP contribution in [0, 0.1) is 5.92 Å². The molecule has 1 rings (SSSR count). The largest absolute Gasteiger partial charge is 0.497 e. The predicted molar refractivity (Wildman–Crippen MR) is 75.1 cm³/mol. The SMILES string of the molecule is COC(=O)CC(NCc1ccc(OC)cc1)C(C)C. The molecule has 1 aromatic rings. The van der Waals surface area contributed by atoms with Crippen molar-refractivity contribution in [3.05, 3.63) is 29.8 Å². The second-order valence-corrected chi connectivity index (χ2v) is 4.86. The summed E-state index contributed by atoms with van der Waals surface area (Å²) in [6.45, 7) is 4.91. The van der Waals surface area contributed by atoms with E-state index in [1.165, 1.54) is 7.11 Å². The maximum absolute atomic E-state index is 11.3. The Labute approximate surface area is 115 Å². The monoisotopic (exact) mass is 265 g/mol. The molecule has 0 heterocycles. The second-order valence-electron chi connectivity index (χ2n) is 4.86. The van der Waals surface area contributed by atoms with Crippen LogP contribution in [0.4, 0.5) is 0 Å². The molecule has 0 saturated carbocycles. The smallest absolute Gasteiger partial charge is 0.307 e. The highest BCUT2D eigenvalue weighted by Gasteiger charge is 2.17. The van der Waals surface area contributed by atoms with Crippen molar-refractivity contribution >= 4 is 5.97 Å². The predicted octanol–water partition coefficient (Wildman–Crippen LogP) is 2.37. The lowest BCUT2D eigenvalue weighted by atomic mass is 10.0. The molecule has 1 aromatic carbocycles. The molecule has 0 amide bonds. The zero-order valence-corrected chi connectivity index (χ0v) is 12.1. The number of methoxy groups -OCH3 is 2. The normalized spacial score (nSPS) is 12.3. The Bertz CT molecular complexity index is 387. The number of benzene rings is 1. The van der Waals surface area contributed by atoms with E-state index in [1.54, 1.807) is 7.11 Å². The van der Waals surface area contributed by atoms with Gasteiger partial charge in [0.15, 0.2) is 0 Å². The van der Waals surface area contributed by atoms with Gasteiger partial charge >= 0.3 is 5.97 Å². The highest BCUT2D eigenvalue weighted by atomic mass is 16.5. The summed E-state index contributed by atoms with van der Waals surface area (Å²) in [5, 5.41) is 3.40. The van der Waals surface area contributed by atoms with E-state index in [2.05, 4.69) is 19.2 Å². The molecular weight excluding hydrogens is 242 g/mol. The number of carbonyl (C=O) groups excluding carboxylic acids is 1. The number of nitrogens with one attached hydrogen (secondary N) is 1. The molecule has 0 fully saturated rings. The van der Waals surface area contributed by atoms with E-state index in [-0.39, 0.29) is 12.0 Å². The van der Waals surface area contributed by atoms with Crippen molar-refractivity contribution < 1.29 is 14.3 Å². The third-order valence-corrected chi connectivity index (χ3v) is 3.15. The topological polar surface area (TPSA) is 47.6 Å². The Morgan fingerprint density at radius 3 is 2.32 bits per heavy atom. The molecule has 0 saturated heterocycles. The molecule has 0 aliphatic rings. The lowest BCUT2D eigenvalue weighted by Gasteiger charge is -2.21. The first-order valence-corrected chi connectivity index (χ1v) is 6.50. The van der Waals surface area contributed by atoms with Gasteiger partial charge in [-0.05, 0) is 23.6 Å². The van der Waals surface area contributed by atoms with Crippen LogP contribution in [-0.2, 0) is 16.1 Å². The van der Waals surface area contributed by atoms with Gasteiger partial charge in [0, 0.05) is 12.6 Å². The van der Waals surface area contributed by atoms with Gasteiger partial charge in [-0.1, -0.05) is 26.0 Å². The molecule has 0 aromatic heterocycles. The van der Waals surface area contributed by atoms with Crippen molar-refractivity contribution in [2.75, 3.05) is 14.2 Å². The highest BCUT2D eigenvalue weighted by molar-refractivity contribution is 5.69. The summed E-state index contributed by atoms with van der Waals surface area (Å²) in [4.78, 5) is 11.3. The summed E-state index contributed by atoms with van der Waals surface area (Å²) < 4.78 is 9.84. The van der Waals surface area contributed by atoms with Crippen LogP contribution in [-0.4, -0.2) is 26.2 Å². The first-order valence-electron chi connectivity index (χ1n) is 6.50. The molecule has 1 N–H and O–H groups in total. The van der Waals surface area contributed by atoms with Gasteiger partial charge < -0.3 is 14.8 Å². The lowest BCUT2D eigenvalue weighted by Crippen LogP contribution is -2.35. The third-order valence-electron chi connectivity index (χ3n) is 3.15. The van der Waals surface area contributed by atoms with Crippen LogP contribution in [0.25, 0.3) is 0 Å².